The van der Waals surface area contributed by atoms with Crippen molar-refractivity contribution in [3.8, 4) is 0 Å². The lowest BCUT2D eigenvalue weighted by molar-refractivity contribution is 0.0777. The largest absolute Gasteiger partial charge is 0.338 e. The van der Waals surface area contributed by atoms with E-state index in [9.17, 15) is 13.2 Å². The number of amides is 1. The molecule has 0 bridgehead atoms. The molecule has 0 spiro atoms. The first-order valence-corrected chi connectivity index (χ1v) is 8.23. The predicted octanol–water partition coefficient (Wildman–Crippen LogP) is 1.31. The summed E-state index contributed by atoms with van der Waals surface area (Å²) in [6.45, 7) is 6.71. The fourth-order valence-corrected chi connectivity index (χ4v) is 3.22. The highest BCUT2D eigenvalue weighted by Crippen LogP contribution is 2.24. The van der Waals surface area contributed by atoms with E-state index in [-0.39, 0.29) is 11.0 Å². The van der Waals surface area contributed by atoms with E-state index in [1.54, 1.807) is 11.8 Å². The van der Waals surface area contributed by atoms with Gasteiger partial charge in [-0.1, -0.05) is 11.3 Å². The van der Waals surface area contributed by atoms with Crippen LogP contribution in [0.1, 0.15) is 29.2 Å². The van der Waals surface area contributed by atoms with Crippen LogP contribution in [0.5, 0.6) is 0 Å². The van der Waals surface area contributed by atoms with Crippen molar-refractivity contribution in [1.29, 1.82) is 0 Å². The number of carbonyl (C=O) groups excluding carboxylic acids is 1. The number of sulfonamides is 1. The number of carbonyl (C=O) groups is 1. The van der Waals surface area contributed by atoms with Crippen LogP contribution >= 0.6 is 11.3 Å². The summed E-state index contributed by atoms with van der Waals surface area (Å²) in [7, 11) is -3.36. The van der Waals surface area contributed by atoms with Gasteiger partial charge in [0, 0.05) is 13.1 Å². The van der Waals surface area contributed by atoms with E-state index >= 15 is 0 Å². The molecule has 0 saturated heterocycles. The van der Waals surface area contributed by atoms with Gasteiger partial charge in [0.15, 0.2) is 5.13 Å². The highest BCUT2D eigenvalue weighted by Gasteiger charge is 2.20. The monoisotopic (exact) mass is 291 g/mol. The maximum atomic E-state index is 12.1. The molecule has 18 heavy (non-hydrogen) atoms. The lowest BCUT2D eigenvalue weighted by Gasteiger charge is -2.17. The highest BCUT2D eigenvalue weighted by atomic mass is 32.2. The van der Waals surface area contributed by atoms with Crippen LogP contribution in [0.4, 0.5) is 5.13 Å². The van der Waals surface area contributed by atoms with Crippen LogP contribution in [-0.2, 0) is 10.0 Å². The van der Waals surface area contributed by atoms with Gasteiger partial charge < -0.3 is 4.90 Å². The van der Waals surface area contributed by atoms with E-state index < -0.39 is 10.0 Å². The summed E-state index contributed by atoms with van der Waals surface area (Å²) in [6, 6.07) is 0. The molecule has 1 rings (SSSR count). The Balaban J connectivity index is 3.01. The molecule has 0 aromatic carbocycles. The minimum atomic E-state index is -3.36. The van der Waals surface area contributed by atoms with Gasteiger partial charge in [0.1, 0.15) is 4.88 Å². The summed E-state index contributed by atoms with van der Waals surface area (Å²) in [4.78, 5) is 18.3. The molecule has 0 radical (unpaired) electrons. The van der Waals surface area contributed by atoms with E-state index in [2.05, 4.69) is 9.71 Å². The summed E-state index contributed by atoms with van der Waals surface area (Å²) < 4.78 is 24.5. The first kappa shape index (κ1) is 14.9. The second-order valence-electron chi connectivity index (χ2n) is 3.79. The summed E-state index contributed by atoms with van der Waals surface area (Å²) in [5, 5.41) is 0.227. The molecule has 6 nitrogen and oxygen atoms in total. The van der Waals surface area contributed by atoms with Gasteiger partial charge in [-0.3, -0.25) is 9.52 Å². The van der Waals surface area contributed by atoms with Crippen molar-refractivity contribution in [3.05, 3.63) is 10.6 Å². The first-order valence-electron chi connectivity index (χ1n) is 5.53. The van der Waals surface area contributed by atoms with Gasteiger partial charge in [-0.15, -0.1) is 0 Å². The van der Waals surface area contributed by atoms with E-state index in [1.165, 1.54) is 0 Å². The molecule has 1 N–H and O–H groups in total. The van der Waals surface area contributed by atoms with Crippen LogP contribution in [0.3, 0.4) is 0 Å². The van der Waals surface area contributed by atoms with Crippen LogP contribution in [-0.4, -0.2) is 43.6 Å². The van der Waals surface area contributed by atoms with Crippen molar-refractivity contribution in [1.82, 2.24) is 9.88 Å². The van der Waals surface area contributed by atoms with E-state index in [1.807, 2.05) is 13.8 Å². The predicted molar refractivity (Wildman–Crippen MR) is 72.6 cm³/mol. The second-order valence-corrected chi connectivity index (χ2v) is 6.53. The number of rotatable bonds is 5. The average Bonchev–Trinajstić information content (AvgIpc) is 2.58. The third-order valence-electron chi connectivity index (χ3n) is 2.31. The fourth-order valence-electron chi connectivity index (χ4n) is 1.45. The fraction of sp³-hybridized carbons (Fsp3) is 0.600. The Morgan fingerprint density at radius 3 is 2.39 bits per heavy atom. The van der Waals surface area contributed by atoms with Crippen molar-refractivity contribution in [2.45, 2.75) is 20.8 Å². The first-order chi connectivity index (χ1) is 8.28. The Morgan fingerprint density at radius 1 is 1.39 bits per heavy atom. The zero-order valence-corrected chi connectivity index (χ0v) is 12.5. The smallest absolute Gasteiger partial charge is 0.265 e. The van der Waals surface area contributed by atoms with Crippen molar-refractivity contribution in [2.24, 2.45) is 0 Å². The van der Waals surface area contributed by atoms with Gasteiger partial charge in [0.2, 0.25) is 10.0 Å². The quantitative estimate of drug-likeness (QED) is 0.887. The maximum absolute atomic E-state index is 12.1. The average molecular weight is 291 g/mol. The molecule has 0 saturated carbocycles. The van der Waals surface area contributed by atoms with Gasteiger partial charge >= 0.3 is 0 Å². The van der Waals surface area contributed by atoms with Crippen molar-refractivity contribution in [3.63, 3.8) is 0 Å². The van der Waals surface area contributed by atoms with Crippen molar-refractivity contribution in [2.75, 3.05) is 24.1 Å². The molecule has 0 atom stereocenters. The Kier molecular flexibility index (Phi) is 4.69. The highest BCUT2D eigenvalue weighted by molar-refractivity contribution is 7.92. The third kappa shape index (κ3) is 3.67. The number of thiazole rings is 1. The molecule has 1 amide bonds. The number of aryl methyl sites for hydroxylation is 1. The molecule has 0 aliphatic rings. The molecule has 0 unspecified atom stereocenters. The third-order valence-corrected chi connectivity index (χ3v) is 4.07. The zero-order chi connectivity index (χ0) is 13.9. The Morgan fingerprint density at radius 2 is 1.94 bits per heavy atom. The normalized spacial score (nSPS) is 11.3. The number of hydrogen-bond acceptors (Lipinski definition) is 5. The molecule has 0 aliphatic heterocycles. The molecule has 1 aromatic heterocycles. The number of hydrogen-bond donors (Lipinski definition) is 1. The summed E-state index contributed by atoms with van der Waals surface area (Å²) in [5.41, 5.74) is 0.544. The Bertz CT molecular complexity index is 533. The molecule has 1 aromatic rings. The molecule has 1 heterocycles. The Labute approximate surface area is 111 Å². The number of aromatic nitrogens is 1. The minimum Gasteiger partial charge on any atom is -0.338 e. The van der Waals surface area contributed by atoms with Gasteiger partial charge in [-0.05, 0) is 20.8 Å². The number of anilines is 1. The van der Waals surface area contributed by atoms with Crippen LogP contribution in [0.2, 0.25) is 0 Å². The van der Waals surface area contributed by atoms with Gasteiger partial charge in [0.25, 0.3) is 5.91 Å². The van der Waals surface area contributed by atoms with Crippen LogP contribution in [0, 0.1) is 6.92 Å². The molecular weight excluding hydrogens is 274 g/mol. The molecule has 102 valence electrons. The topological polar surface area (TPSA) is 79.4 Å². The minimum absolute atomic E-state index is 0.114. The van der Waals surface area contributed by atoms with Gasteiger partial charge in [-0.2, -0.15) is 0 Å². The lowest BCUT2D eigenvalue weighted by Crippen LogP contribution is -2.30. The van der Waals surface area contributed by atoms with E-state index in [0.29, 0.717) is 23.7 Å². The SMILES string of the molecule is CCN(CC)C(=O)c1sc(NS(C)(=O)=O)nc1C. The molecular formula is C10H17N3O3S2. The van der Waals surface area contributed by atoms with Crippen LogP contribution in [0.15, 0.2) is 0 Å². The van der Waals surface area contributed by atoms with Gasteiger partial charge in [0.05, 0.1) is 11.9 Å². The zero-order valence-electron chi connectivity index (χ0n) is 10.8. The van der Waals surface area contributed by atoms with Crippen molar-refractivity contribution >= 4 is 32.4 Å². The maximum Gasteiger partial charge on any atom is 0.265 e. The second kappa shape index (κ2) is 5.66. The molecule has 8 heteroatoms. The van der Waals surface area contributed by atoms with Crippen LogP contribution < -0.4 is 4.72 Å². The number of nitrogens with one attached hydrogen (secondary N) is 1. The van der Waals surface area contributed by atoms with Crippen LogP contribution in [0.25, 0.3) is 0 Å². The van der Waals surface area contributed by atoms with Crippen molar-refractivity contribution < 1.29 is 13.2 Å². The summed E-state index contributed by atoms with van der Waals surface area (Å²) in [5.74, 6) is -0.114. The Hall–Kier alpha value is -1.15. The summed E-state index contributed by atoms with van der Waals surface area (Å²) in [6.07, 6.45) is 1.05. The van der Waals surface area contributed by atoms with Gasteiger partial charge in [-0.25, -0.2) is 13.4 Å². The molecule has 0 aliphatic carbocycles. The van der Waals surface area contributed by atoms with E-state index in [0.717, 1.165) is 17.6 Å². The summed E-state index contributed by atoms with van der Waals surface area (Å²) >= 11 is 1.06. The lowest BCUT2D eigenvalue weighted by atomic mass is 10.3. The molecule has 0 fully saturated rings. The number of nitrogens with zero attached hydrogens (tertiary/aromatic N) is 2. The standard InChI is InChI=1S/C10H17N3O3S2/c1-5-13(6-2)9(14)8-7(3)11-10(17-8)12-18(4,15)16/h5-6H2,1-4H3,(H,11,12). The van der Waals surface area contributed by atoms with E-state index in [4.69, 9.17) is 0 Å².